The van der Waals surface area contributed by atoms with E-state index in [9.17, 15) is 14.4 Å². The highest BCUT2D eigenvalue weighted by Crippen LogP contribution is 2.14. The highest BCUT2D eigenvalue weighted by Gasteiger charge is 2.18. The average Bonchev–Trinajstić information content (AvgIpc) is 2.83. The largest absolute Gasteiger partial charge is 0.352 e. The van der Waals surface area contributed by atoms with Gasteiger partial charge in [0.05, 0.1) is 0 Å². The molecule has 170 valence electrons. The Bertz CT molecular complexity index is 910. The van der Waals surface area contributed by atoms with E-state index in [1.54, 1.807) is 11.9 Å². The minimum absolute atomic E-state index is 0.0558. The van der Waals surface area contributed by atoms with Gasteiger partial charge in [-0.2, -0.15) is 0 Å². The second kappa shape index (κ2) is 11.9. The van der Waals surface area contributed by atoms with E-state index >= 15 is 0 Å². The maximum Gasteiger partial charge on any atom is 0.317 e. The van der Waals surface area contributed by atoms with Gasteiger partial charge in [-0.05, 0) is 42.5 Å². The highest BCUT2D eigenvalue weighted by molar-refractivity contribution is 5.94. The number of nitrogens with one attached hydrogen (secondary N) is 2. The van der Waals surface area contributed by atoms with Gasteiger partial charge in [0.25, 0.3) is 5.91 Å². The van der Waals surface area contributed by atoms with Gasteiger partial charge in [-0.3, -0.25) is 9.59 Å². The first-order valence-electron chi connectivity index (χ1n) is 11.2. The van der Waals surface area contributed by atoms with Crippen molar-refractivity contribution in [3.63, 3.8) is 0 Å². The molecule has 0 aromatic heterocycles. The molecule has 1 heterocycles. The minimum atomic E-state index is -0.217. The number of amides is 4. The van der Waals surface area contributed by atoms with Crippen LogP contribution in [0, 0.1) is 0 Å². The predicted molar refractivity (Wildman–Crippen MR) is 124 cm³/mol. The van der Waals surface area contributed by atoms with Crippen LogP contribution >= 0.6 is 0 Å². The van der Waals surface area contributed by atoms with E-state index in [1.807, 2.05) is 59.5 Å². The molecule has 0 radical (unpaired) electrons. The zero-order chi connectivity index (χ0) is 22.8. The number of rotatable bonds is 8. The molecule has 0 saturated carbocycles. The number of hydrogen-bond acceptors (Lipinski definition) is 3. The van der Waals surface area contributed by atoms with Crippen molar-refractivity contribution < 1.29 is 14.4 Å². The van der Waals surface area contributed by atoms with Gasteiger partial charge in [0.1, 0.15) is 0 Å². The van der Waals surface area contributed by atoms with Crippen LogP contribution in [0.15, 0.2) is 54.6 Å². The summed E-state index contributed by atoms with van der Waals surface area (Å²) in [5.74, 6) is -0.0935. The Morgan fingerprint density at radius 1 is 0.906 bits per heavy atom. The molecule has 1 saturated heterocycles. The van der Waals surface area contributed by atoms with Crippen molar-refractivity contribution in [1.82, 2.24) is 20.4 Å². The smallest absolute Gasteiger partial charge is 0.317 e. The van der Waals surface area contributed by atoms with Crippen molar-refractivity contribution in [1.29, 1.82) is 0 Å². The maximum atomic E-state index is 12.7. The number of urea groups is 1. The highest BCUT2D eigenvalue weighted by atomic mass is 16.2. The lowest BCUT2D eigenvalue weighted by molar-refractivity contribution is -0.121. The molecular formula is C25H32N4O3. The minimum Gasteiger partial charge on any atom is -0.352 e. The number of hydrogen-bond donors (Lipinski definition) is 2. The van der Waals surface area contributed by atoms with Crippen LogP contribution in [0.25, 0.3) is 0 Å². The molecule has 0 unspecified atom stereocenters. The summed E-state index contributed by atoms with van der Waals surface area (Å²) in [7, 11) is 1.72. The van der Waals surface area contributed by atoms with E-state index in [0.717, 1.165) is 37.1 Å². The third-order valence-electron chi connectivity index (χ3n) is 5.54. The Kier molecular flexibility index (Phi) is 8.66. The third-order valence-corrected chi connectivity index (χ3v) is 5.54. The molecule has 7 heteroatoms. The topological polar surface area (TPSA) is 81.8 Å². The van der Waals surface area contributed by atoms with E-state index < -0.39 is 0 Å². The van der Waals surface area contributed by atoms with Gasteiger partial charge in [0.2, 0.25) is 5.91 Å². The lowest BCUT2D eigenvalue weighted by Gasteiger charge is -2.26. The van der Waals surface area contributed by atoms with Crippen LogP contribution in [0.1, 0.15) is 47.2 Å². The summed E-state index contributed by atoms with van der Waals surface area (Å²) < 4.78 is 0. The molecule has 3 rings (SSSR count). The Labute approximate surface area is 189 Å². The lowest BCUT2D eigenvalue weighted by Crippen LogP contribution is -2.38. The maximum absolute atomic E-state index is 12.7. The molecule has 0 spiro atoms. The summed E-state index contributed by atoms with van der Waals surface area (Å²) in [4.78, 5) is 40.5. The number of carbonyl (C=O) groups excluding carboxylic acids is 3. The summed E-state index contributed by atoms with van der Waals surface area (Å²) >= 11 is 0. The van der Waals surface area contributed by atoms with Crippen molar-refractivity contribution in [3.05, 3.63) is 71.3 Å². The molecule has 0 bridgehead atoms. The summed E-state index contributed by atoms with van der Waals surface area (Å²) in [6, 6.07) is 16.9. The molecule has 1 aliphatic rings. The number of carbonyl (C=O) groups is 3. The van der Waals surface area contributed by atoms with E-state index in [-0.39, 0.29) is 30.8 Å². The first kappa shape index (κ1) is 23.3. The summed E-state index contributed by atoms with van der Waals surface area (Å²) in [5, 5.41) is 5.63. The zero-order valence-electron chi connectivity index (χ0n) is 18.7. The summed E-state index contributed by atoms with van der Waals surface area (Å²) in [6.07, 6.45) is 3.48. The SMILES string of the molecule is CN(Cc1ccccc1)C(=O)NCCC(=O)NCc1cccc(C(=O)N2CCCCC2)c1. The second-order valence-electron chi connectivity index (χ2n) is 8.15. The predicted octanol–water partition coefficient (Wildman–Crippen LogP) is 3.16. The van der Waals surface area contributed by atoms with Gasteiger partial charge < -0.3 is 20.4 Å². The van der Waals surface area contributed by atoms with Crippen molar-refractivity contribution in [2.75, 3.05) is 26.7 Å². The van der Waals surface area contributed by atoms with Crippen LogP contribution in [0.3, 0.4) is 0 Å². The molecule has 2 N–H and O–H groups in total. The van der Waals surface area contributed by atoms with Gasteiger partial charge in [0, 0.05) is 51.8 Å². The Morgan fingerprint density at radius 3 is 2.38 bits per heavy atom. The molecule has 2 aromatic rings. The third kappa shape index (κ3) is 7.11. The quantitative estimate of drug-likeness (QED) is 0.667. The number of nitrogens with zero attached hydrogens (tertiary/aromatic N) is 2. The lowest BCUT2D eigenvalue weighted by atomic mass is 10.1. The van der Waals surface area contributed by atoms with Crippen molar-refractivity contribution in [2.24, 2.45) is 0 Å². The second-order valence-corrected chi connectivity index (χ2v) is 8.15. The fourth-order valence-corrected chi connectivity index (χ4v) is 3.73. The van der Waals surface area contributed by atoms with Crippen LogP contribution in [-0.2, 0) is 17.9 Å². The number of piperidine rings is 1. The molecule has 0 aliphatic carbocycles. The molecule has 4 amide bonds. The van der Waals surface area contributed by atoms with Gasteiger partial charge in [0.15, 0.2) is 0 Å². The number of benzene rings is 2. The van der Waals surface area contributed by atoms with Crippen molar-refractivity contribution in [2.45, 2.75) is 38.8 Å². The van der Waals surface area contributed by atoms with E-state index in [2.05, 4.69) is 10.6 Å². The monoisotopic (exact) mass is 436 g/mol. The normalized spacial score (nSPS) is 13.3. The van der Waals surface area contributed by atoms with Gasteiger partial charge in [-0.1, -0.05) is 42.5 Å². The first-order valence-corrected chi connectivity index (χ1v) is 11.2. The van der Waals surface area contributed by atoms with E-state index in [1.165, 1.54) is 6.42 Å². The number of likely N-dealkylation sites (tertiary alicyclic amines) is 1. The van der Waals surface area contributed by atoms with Crippen LogP contribution in [0.5, 0.6) is 0 Å². The van der Waals surface area contributed by atoms with Crippen molar-refractivity contribution >= 4 is 17.8 Å². The first-order chi connectivity index (χ1) is 15.5. The van der Waals surface area contributed by atoms with Crippen LogP contribution in [0.4, 0.5) is 4.79 Å². The standard InChI is InChI=1S/C25H32N4O3/c1-28(19-20-9-4-2-5-10-20)25(32)26-14-13-23(30)27-18-21-11-8-12-22(17-21)24(31)29-15-6-3-7-16-29/h2,4-5,8-12,17H,3,6-7,13-16,18-19H2,1H3,(H,26,32)(H,27,30). The van der Waals surface area contributed by atoms with Crippen LogP contribution in [0.2, 0.25) is 0 Å². The van der Waals surface area contributed by atoms with Gasteiger partial charge >= 0.3 is 6.03 Å². The molecular weight excluding hydrogens is 404 g/mol. The molecule has 1 fully saturated rings. The molecule has 1 aliphatic heterocycles. The Morgan fingerprint density at radius 2 is 1.62 bits per heavy atom. The van der Waals surface area contributed by atoms with E-state index in [4.69, 9.17) is 0 Å². The molecule has 7 nitrogen and oxygen atoms in total. The Hall–Kier alpha value is -3.35. The van der Waals surface area contributed by atoms with Gasteiger partial charge in [-0.15, -0.1) is 0 Å². The fourth-order valence-electron chi connectivity index (χ4n) is 3.73. The molecule has 2 aromatic carbocycles. The van der Waals surface area contributed by atoms with E-state index in [0.29, 0.717) is 18.7 Å². The molecule has 0 atom stereocenters. The molecule has 32 heavy (non-hydrogen) atoms. The van der Waals surface area contributed by atoms with Crippen molar-refractivity contribution in [3.8, 4) is 0 Å². The fraction of sp³-hybridized carbons (Fsp3) is 0.400. The van der Waals surface area contributed by atoms with Gasteiger partial charge in [-0.25, -0.2) is 4.79 Å². The summed E-state index contributed by atoms with van der Waals surface area (Å²) in [5.41, 5.74) is 2.59. The van der Waals surface area contributed by atoms with Crippen LogP contribution < -0.4 is 10.6 Å². The van der Waals surface area contributed by atoms with Crippen LogP contribution in [-0.4, -0.2) is 54.3 Å². The Balaban J connectivity index is 1.38. The summed E-state index contributed by atoms with van der Waals surface area (Å²) in [6.45, 7) is 2.74. The zero-order valence-corrected chi connectivity index (χ0v) is 18.7. The average molecular weight is 437 g/mol.